The third-order valence-corrected chi connectivity index (χ3v) is 4.87. The van der Waals surface area contributed by atoms with Gasteiger partial charge < -0.3 is 10.1 Å². The monoisotopic (exact) mass is 444 g/mol. The number of ether oxygens (including phenoxy) is 1. The summed E-state index contributed by atoms with van der Waals surface area (Å²) in [5.41, 5.74) is 1.46. The summed E-state index contributed by atoms with van der Waals surface area (Å²) in [6.45, 7) is 2.04. The summed E-state index contributed by atoms with van der Waals surface area (Å²) in [7, 11) is 0.848. The third-order valence-electron chi connectivity index (χ3n) is 4.87. The van der Waals surface area contributed by atoms with Crippen LogP contribution in [0.2, 0.25) is 0 Å². The Labute approximate surface area is 179 Å². The Kier molecular flexibility index (Phi) is 5.52. The van der Waals surface area contributed by atoms with Gasteiger partial charge in [-0.1, -0.05) is 19.1 Å². The van der Waals surface area contributed by atoms with Gasteiger partial charge in [-0.05, 0) is 42.3 Å². The molecule has 32 heavy (non-hydrogen) atoms. The van der Waals surface area contributed by atoms with Crippen LogP contribution in [-0.2, 0) is 6.42 Å². The van der Waals surface area contributed by atoms with Gasteiger partial charge in [-0.2, -0.15) is 13.6 Å². The molecule has 4 rings (SSSR count). The fraction of sp³-hybridized carbons (Fsp3) is 0.136. The minimum Gasteiger partial charge on any atom is -0.491 e. The summed E-state index contributed by atoms with van der Waals surface area (Å²) in [5.74, 6) is -9.95. The van der Waals surface area contributed by atoms with Crippen LogP contribution in [0, 0.1) is 23.3 Å². The van der Waals surface area contributed by atoms with Crippen LogP contribution in [0.15, 0.2) is 42.5 Å². The van der Waals surface area contributed by atoms with Gasteiger partial charge in [0.2, 0.25) is 11.6 Å². The van der Waals surface area contributed by atoms with Crippen molar-refractivity contribution in [1.82, 2.24) is 15.0 Å². The van der Waals surface area contributed by atoms with E-state index in [0.29, 0.717) is 11.0 Å². The van der Waals surface area contributed by atoms with E-state index in [1.165, 1.54) is 23.0 Å². The number of methoxy groups -OCH3 is 1. The number of rotatable bonds is 5. The first-order valence-corrected chi connectivity index (χ1v) is 9.51. The minimum absolute atomic E-state index is 0.103. The van der Waals surface area contributed by atoms with Crippen LogP contribution in [0.1, 0.15) is 22.8 Å². The van der Waals surface area contributed by atoms with Crippen LogP contribution in [0.5, 0.6) is 5.75 Å². The molecule has 10 heteroatoms. The molecule has 1 aromatic heterocycles. The number of nitrogens with zero attached hydrogens (tertiary/aromatic N) is 3. The van der Waals surface area contributed by atoms with Crippen LogP contribution < -0.4 is 10.1 Å². The van der Waals surface area contributed by atoms with E-state index in [1.807, 2.05) is 31.2 Å². The van der Waals surface area contributed by atoms with Crippen molar-refractivity contribution in [3.63, 3.8) is 0 Å². The van der Waals surface area contributed by atoms with Gasteiger partial charge in [0.25, 0.3) is 5.91 Å². The molecule has 0 aliphatic carbocycles. The van der Waals surface area contributed by atoms with Gasteiger partial charge in [-0.25, -0.2) is 8.78 Å². The van der Waals surface area contributed by atoms with E-state index in [0.717, 1.165) is 24.8 Å². The maximum absolute atomic E-state index is 14.2. The SMILES string of the molecule is CCc1ccc(-n2nc3ccc(NC(=O)c4c(F)c(F)c(OC)c(F)c4F)cc3n2)cc1. The Morgan fingerprint density at radius 2 is 1.56 bits per heavy atom. The largest absolute Gasteiger partial charge is 0.491 e. The Balaban J connectivity index is 1.64. The van der Waals surface area contributed by atoms with Crippen molar-refractivity contribution in [1.29, 1.82) is 0 Å². The molecule has 0 unspecified atom stereocenters. The highest BCUT2D eigenvalue weighted by Crippen LogP contribution is 2.30. The summed E-state index contributed by atoms with van der Waals surface area (Å²) in [6.07, 6.45) is 0.890. The molecular formula is C22H16F4N4O2. The third kappa shape index (κ3) is 3.64. The molecule has 6 nitrogen and oxygen atoms in total. The molecular weight excluding hydrogens is 428 g/mol. The normalized spacial score (nSPS) is 11.1. The van der Waals surface area contributed by atoms with Crippen molar-refractivity contribution in [3.05, 3.63) is 76.9 Å². The number of nitrogens with one attached hydrogen (secondary N) is 1. The fourth-order valence-electron chi connectivity index (χ4n) is 3.16. The quantitative estimate of drug-likeness (QED) is 0.355. The zero-order valence-electron chi connectivity index (χ0n) is 16.9. The molecule has 0 aliphatic heterocycles. The number of halogens is 4. The van der Waals surface area contributed by atoms with Gasteiger partial charge in [0.05, 0.1) is 12.8 Å². The maximum Gasteiger partial charge on any atom is 0.261 e. The summed E-state index contributed by atoms with van der Waals surface area (Å²) in [4.78, 5) is 13.8. The number of benzene rings is 3. The van der Waals surface area contributed by atoms with E-state index in [9.17, 15) is 22.4 Å². The first kappa shape index (κ1) is 21.3. The second-order valence-corrected chi connectivity index (χ2v) is 6.83. The molecule has 1 heterocycles. The molecule has 0 aliphatic rings. The molecule has 0 saturated carbocycles. The average molecular weight is 444 g/mol. The van der Waals surface area contributed by atoms with Crippen molar-refractivity contribution in [2.45, 2.75) is 13.3 Å². The van der Waals surface area contributed by atoms with E-state index in [2.05, 4.69) is 20.3 Å². The number of aromatic nitrogens is 3. The first-order valence-electron chi connectivity index (χ1n) is 9.51. The Bertz CT molecular complexity index is 1310. The summed E-state index contributed by atoms with van der Waals surface area (Å²) < 4.78 is 60.5. The van der Waals surface area contributed by atoms with E-state index < -0.39 is 40.5 Å². The highest BCUT2D eigenvalue weighted by molar-refractivity contribution is 6.05. The highest BCUT2D eigenvalue weighted by atomic mass is 19.2. The number of carbonyl (C=O) groups is 1. The molecule has 0 fully saturated rings. The molecule has 0 saturated heterocycles. The molecule has 164 valence electrons. The lowest BCUT2D eigenvalue weighted by atomic mass is 10.1. The van der Waals surface area contributed by atoms with Gasteiger partial charge >= 0.3 is 0 Å². The molecule has 0 spiro atoms. The van der Waals surface area contributed by atoms with Gasteiger partial charge in [-0.15, -0.1) is 10.2 Å². The zero-order valence-corrected chi connectivity index (χ0v) is 16.9. The maximum atomic E-state index is 14.2. The summed E-state index contributed by atoms with van der Waals surface area (Å²) in [6, 6.07) is 12.0. The topological polar surface area (TPSA) is 69.0 Å². The van der Waals surface area contributed by atoms with Crippen LogP contribution in [0.3, 0.4) is 0 Å². The smallest absolute Gasteiger partial charge is 0.261 e. The van der Waals surface area contributed by atoms with Crippen LogP contribution >= 0.6 is 0 Å². The first-order chi connectivity index (χ1) is 15.3. The van der Waals surface area contributed by atoms with Crippen molar-refractivity contribution in [2.24, 2.45) is 0 Å². The summed E-state index contributed by atoms with van der Waals surface area (Å²) in [5, 5.41) is 10.9. The molecule has 0 atom stereocenters. The Hall–Kier alpha value is -3.95. The lowest BCUT2D eigenvalue weighted by Crippen LogP contribution is -2.18. The lowest BCUT2D eigenvalue weighted by Gasteiger charge is -2.11. The predicted octanol–water partition coefficient (Wildman–Crippen LogP) is 4.80. The van der Waals surface area contributed by atoms with E-state index in [-0.39, 0.29) is 5.69 Å². The second-order valence-electron chi connectivity index (χ2n) is 6.83. The van der Waals surface area contributed by atoms with E-state index in [1.54, 1.807) is 0 Å². The second kappa shape index (κ2) is 8.29. The molecule has 0 bridgehead atoms. The van der Waals surface area contributed by atoms with Gasteiger partial charge in [-0.3, -0.25) is 4.79 Å². The highest BCUT2D eigenvalue weighted by Gasteiger charge is 2.30. The molecule has 4 aromatic rings. The van der Waals surface area contributed by atoms with Gasteiger partial charge in [0, 0.05) is 5.69 Å². The summed E-state index contributed by atoms with van der Waals surface area (Å²) >= 11 is 0. The number of aryl methyl sites for hydroxylation is 1. The van der Waals surface area contributed by atoms with Crippen LogP contribution in [0.4, 0.5) is 23.2 Å². The number of amides is 1. The number of carbonyl (C=O) groups excluding carboxylic acids is 1. The number of hydrogen-bond donors (Lipinski definition) is 1. The van der Waals surface area contributed by atoms with Gasteiger partial charge in [0.15, 0.2) is 17.4 Å². The van der Waals surface area contributed by atoms with E-state index in [4.69, 9.17) is 0 Å². The lowest BCUT2D eigenvalue weighted by molar-refractivity contribution is 0.101. The van der Waals surface area contributed by atoms with Crippen molar-refractivity contribution < 1.29 is 27.1 Å². The molecule has 0 radical (unpaired) electrons. The molecule has 1 N–H and O–H groups in total. The Morgan fingerprint density at radius 3 is 2.16 bits per heavy atom. The number of hydrogen-bond acceptors (Lipinski definition) is 4. The standard InChI is InChI=1S/C22H16F4N4O2/c1-3-11-4-7-13(8-5-11)30-28-14-9-6-12(10-15(14)29-30)27-22(31)16-17(23)19(25)21(32-2)20(26)18(16)24/h4-10H,3H2,1-2H3,(H,27,31). The Morgan fingerprint density at radius 1 is 0.938 bits per heavy atom. The number of anilines is 1. The van der Waals surface area contributed by atoms with Crippen molar-refractivity contribution in [2.75, 3.05) is 12.4 Å². The predicted molar refractivity (Wildman–Crippen MR) is 109 cm³/mol. The number of fused-ring (bicyclic) bond motifs is 1. The molecule has 1 amide bonds. The van der Waals surface area contributed by atoms with Crippen LogP contribution in [0.25, 0.3) is 16.7 Å². The fourth-order valence-corrected chi connectivity index (χ4v) is 3.16. The average Bonchev–Trinajstić information content (AvgIpc) is 3.22. The van der Waals surface area contributed by atoms with Crippen LogP contribution in [-0.4, -0.2) is 28.0 Å². The molecule has 3 aromatic carbocycles. The van der Waals surface area contributed by atoms with Crippen molar-refractivity contribution in [3.8, 4) is 11.4 Å². The minimum atomic E-state index is -1.86. The van der Waals surface area contributed by atoms with Crippen molar-refractivity contribution >= 4 is 22.6 Å². The van der Waals surface area contributed by atoms with Gasteiger partial charge in [0.1, 0.15) is 16.6 Å². The van der Waals surface area contributed by atoms with E-state index >= 15 is 0 Å². The zero-order chi connectivity index (χ0) is 23.0.